The third-order valence-electron chi connectivity index (χ3n) is 1.41. The Morgan fingerprint density at radius 1 is 1.75 bits per heavy atom. The maximum atomic E-state index is 10.7. The maximum Gasteiger partial charge on any atom is 0.222 e. The molecule has 1 amide bonds. The summed E-state index contributed by atoms with van der Waals surface area (Å²) in [5.74, 6) is 0.413. The van der Waals surface area contributed by atoms with Gasteiger partial charge in [-0.3, -0.25) is 4.79 Å². The number of hydrogen-bond donors (Lipinski definition) is 2. The van der Waals surface area contributed by atoms with Gasteiger partial charge in [0.25, 0.3) is 0 Å². The zero-order valence-corrected chi connectivity index (χ0v) is 6.87. The van der Waals surface area contributed by atoms with Crippen molar-refractivity contribution in [2.75, 3.05) is 5.32 Å². The molecule has 0 aromatic carbocycles. The van der Waals surface area contributed by atoms with E-state index in [1.54, 1.807) is 12.3 Å². The van der Waals surface area contributed by atoms with Gasteiger partial charge >= 0.3 is 0 Å². The lowest BCUT2D eigenvalue weighted by atomic mass is 10.2. The maximum absolute atomic E-state index is 10.7. The van der Waals surface area contributed by atoms with Crippen LogP contribution < -0.4 is 11.1 Å². The van der Waals surface area contributed by atoms with E-state index in [-0.39, 0.29) is 5.91 Å². The number of nitrogens with two attached hydrogens (primary N) is 1. The number of nitrogens with zero attached hydrogens (tertiary/aromatic N) is 1. The van der Waals surface area contributed by atoms with Gasteiger partial charge < -0.3 is 11.1 Å². The Hall–Kier alpha value is -1.42. The van der Waals surface area contributed by atoms with Crippen LogP contribution in [0.4, 0.5) is 5.82 Å². The number of nitrogens with one attached hydrogen (secondary N) is 1. The molecule has 0 atom stereocenters. The highest BCUT2D eigenvalue weighted by atomic mass is 16.1. The molecule has 0 unspecified atom stereocenters. The Labute approximate surface area is 70.8 Å². The summed E-state index contributed by atoms with van der Waals surface area (Å²) >= 11 is 0. The molecular weight excluding hydrogens is 154 g/mol. The molecule has 0 fully saturated rings. The molecule has 0 aliphatic heterocycles. The lowest BCUT2D eigenvalue weighted by Gasteiger charge is -2.05. The van der Waals surface area contributed by atoms with Crippen molar-refractivity contribution in [1.82, 2.24) is 4.98 Å². The van der Waals surface area contributed by atoms with Crippen molar-refractivity contribution in [2.45, 2.75) is 13.5 Å². The van der Waals surface area contributed by atoms with Gasteiger partial charge in [-0.15, -0.1) is 0 Å². The smallest absolute Gasteiger partial charge is 0.222 e. The van der Waals surface area contributed by atoms with E-state index < -0.39 is 0 Å². The van der Waals surface area contributed by atoms with Crippen molar-refractivity contribution in [1.29, 1.82) is 0 Å². The molecular formula is C8H11N3O. The molecule has 0 radical (unpaired) electrons. The number of rotatable bonds is 2. The van der Waals surface area contributed by atoms with Crippen LogP contribution in [0.5, 0.6) is 0 Å². The number of amides is 1. The van der Waals surface area contributed by atoms with Gasteiger partial charge in [-0.1, -0.05) is 6.07 Å². The first-order valence-electron chi connectivity index (χ1n) is 3.65. The molecule has 0 aliphatic rings. The molecule has 0 saturated heterocycles. The summed E-state index contributed by atoms with van der Waals surface area (Å²) in [6, 6.07) is 3.62. The van der Waals surface area contributed by atoms with E-state index in [1.807, 2.05) is 6.07 Å². The van der Waals surface area contributed by atoms with E-state index >= 15 is 0 Å². The topological polar surface area (TPSA) is 68.0 Å². The summed E-state index contributed by atoms with van der Waals surface area (Å²) in [4.78, 5) is 14.7. The summed E-state index contributed by atoms with van der Waals surface area (Å²) in [6.07, 6.45) is 1.62. The van der Waals surface area contributed by atoms with Gasteiger partial charge in [0.1, 0.15) is 5.82 Å². The second-order valence-corrected chi connectivity index (χ2v) is 2.40. The first kappa shape index (κ1) is 8.67. The van der Waals surface area contributed by atoms with Gasteiger partial charge in [0.2, 0.25) is 5.91 Å². The van der Waals surface area contributed by atoms with Crippen LogP contribution in [0.1, 0.15) is 12.5 Å². The second-order valence-electron chi connectivity index (χ2n) is 2.40. The van der Waals surface area contributed by atoms with E-state index in [2.05, 4.69) is 10.3 Å². The zero-order chi connectivity index (χ0) is 8.97. The summed E-state index contributed by atoms with van der Waals surface area (Å²) in [5, 5.41) is 2.59. The Kier molecular flexibility index (Phi) is 2.76. The lowest BCUT2D eigenvalue weighted by molar-refractivity contribution is -0.114. The minimum absolute atomic E-state index is 0.136. The van der Waals surface area contributed by atoms with Crippen molar-refractivity contribution in [3.8, 4) is 0 Å². The first-order valence-corrected chi connectivity index (χ1v) is 3.65. The van der Waals surface area contributed by atoms with Crippen LogP contribution in [-0.2, 0) is 11.3 Å². The monoisotopic (exact) mass is 165 g/mol. The molecule has 0 spiro atoms. The Morgan fingerprint density at radius 2 is 2.50 bits per heavy atom. The Morgan fingerprint density at radius 3 is 3.08 bits per heavy atom. The van der Waals surface area contributed by atoms with Crippen LogP contribution in [0, 0.1) is 0 Å². The standard InChI is InChI=1S/C8H11N3O/c1-6(12)11-8-7(5-9)3-2-4-10-8/h2-4H,5,9H2,1H3,(H,10,11,12). The number of aromatic nitrogens is 1. The Balaban J connectivity index is 2.89. The van der Waals surface area contributed by atoms with Crippen molar-refractivity contribution < 1.29 is 4.79 Å². The zero-order valence-electron chi connectivity index (χ0n) is 6.87. The van der Waals surface area contributed by atoms with Crippen molar-refractivity contribution in [3.05, 3.63) is 23.9 Å². The predicted octanol–water partition coefficient (Wildman–Crippen LogP) is 0.499. The van der Waals surface area contributed by atoms with Crippen molar-refractivity contribution in [2.24, 2.45) is 5.73 Å². The molecule has 0 saturated carbocycles. The number of hydrogen-bond acceptors (Lipinski definition) is 3. The fourth-order valence-corrected chi connectivity index (χ4v) is 0.883. The van der Waals surface area contributed by atoms with E-state index in [4.69, 9.17) is 5.73 Å². The average molecular weight is 165 g/mol. The SMILES string of the molecule is CC(=O)Nc1ncccc1CN. The number of pyridine rings is 1. The third kappa shape index (κ3) is 2.03. The lowest BCUT2D eigenvalue weighted by Crippen LogP contribution is -2.11. The molecule has 4 nitrogen and oxygen atoms in total. The van der Waals surface area contributed by atoms with E-state index in [0.717, 1.165) is 5.56 Å². The largest absolute Gasteiger partial charge is 0.326 e. The van der Waals surface area contributed by atoms with E-state index in [1.165, 1.54) is 6.92 Å². The number of carbonyl (C=O) groups is 1. The number of anilines is 1. The summed E-state index contributed by atoms with van der Waals surface area (Å²) in [5.41, 5.74) is 6.28. The minimum atomic E-state index is -0.136. The average Bonchev–Trinajstić information content (AvgIpc) is 2.04. The highest BCUT2D eigenvalue weighted by Gasteiger charge is 2.01. The van der Waals surface area contributed by atoms with E-state index in [9.17, 15) is 4.79 Å². The van der Waals surface area contributed by atoms with Gasteiger partial charge in [0.05, 0.1) is 0 Å². The molecule has 1 rings (SSSR count). The summed E-state index contributed by atoms with van der Waals surface area (Å²) in [7, 11) is 0. The molecule has 1 aromatic heterocycles. The molecule has 12 heavy (non-hydrogen) atoms. The van der Waals surface area contributed by atoms with Gasteiger partial charge in [-0.2, -0.15) is 0 Å². The number of carbonyl (C=O) groups excluding carboxylic acids is 1. The molecule has 1 aromatic rings. The van der Waals surface area contributed by atoms with Crippen LogP contribution in [0.2, 0.25) is 0 Å². The van der Waals surface area contributed by atoms with Crippen LogP contribution >= 0.6 is 0 Å². The highest BCUT2D eigenvalue weighted by molar-refractivity contribution is 5.88. The van der Waals surface area contributed by atoms with Gasteiger partial charge in [-0.05, 0) is 6.07 Å². The molecule has 3 N–H and O–H groups in total. The van der Waals surface area contributed by atoms with Crippen LogP contribution in [0.15, 0.2) is 18.3 Å². The molecule has 0 bridgehead atoms. The summed E-state index contributed by atoms with van der Waals surface area (Å²) < 4.78 is 0. The predicted molar refractivity (Wildman–Crippen MR) is 46.4 cm³/mol. The molecule has 64 valence electrons. The second kappa shape index (κ2) is 3.82. The normalized spacial score (nSPS) is 9.50. The highest BCUT2D eigenvalue weighted by Crippen LogP contribution is 2.09. The van der Waals surface area contributed by atoms with Gasteiger partial charge in [0.15, 0.2) is 0 Å². The van der Waals surface area contributed by atoms with Crippen molar-refractivity contribution >= 4 is 11.7 Å². The quantitative estimate of drug-likeness (QED) is 0.670. The fraction of sp³-hybridized carbons (Fsp3) is 0.250. The van der Waals surface area contributed by atoms with Gasteiger partial charge in [-0.25, -0.2) is 4.98 Å². The first-order chi connectivity index (χ1) is 5.74. The minimum Gasteiger partial charge on any atom is -0.326 e. The van der Waals surface area contributed by atoms with Crippen LogP contribution in [0.25, 0.3) is 0 Å². The van der Waals surface area contributed by atoms with Crippen LogP contribution in [-0.4, -0.2) is 10.9 Å². The van der Waals surface area contributed by atoms with Crippen molar-refractivity contribution in [3.63, 3.8) is 0 Å². The molecule has 4 heteroatoms. The summed E-state index contributed by atoms with van der Waals surface area (Å²) in [6.45, 7) is 1.82. The Bertz CT molecular complexity index is 285. The molecule has 0 aliphatic carbocycles. The van der Waals surface area contributed by atoms with Crippen LogP contribution in [0.3, 0.4) is 0 Å². The fourth-order valence-electron chi connectivity index (χ4n) is 0.883. The molecule has 1 heterocycles. The van der Waals surface area contributed by atoms with Gasteiger partial charge in [0, 0.05) is 25.2 Å². The third-order valence-corrected chi connectivity index (χ3v) is 1.41. The van der Waals surface area contributed by atoms with E-state index in [0.29, 0.717) is 12.4 Å².